The van der Waals surface area contributed by atoms with Crippen molar-refractivity contribution in [3.8, 4) is 5.75 Å². The van der Waals surface area contributed by atoms with Crippen molar-refractivity contribution >= 4 is 28.5 Å². The molecule has 0 unspecified atom stereocenters. The van der Waals surface area contributed by atoms with Gasteiger partial charge in [0, 0.05) is 50.7 Å². The Morgan fingerprint density at radius 2 is 1.79 bits per heavy atom. The minimum Gasteiger partial charge on any atom is -0.495 e. The van der Waals surface area contributed by atoms with Crippen LogP contribution in [0.3, 0.4) is 0 Å². The summed E-state index contributed by atoms with van der Waals surface area (Å²) in [6, 6.07) is 17.1. The molecule has 2 aromatic carbocycles. The SMILES string of the molecule is CN=C(N)N(c1cc2ccccc2o1)c1cc(CCCCN2CCN(C3CCCCC3)CC2)ccc1OC.O. The van der Waals surface area contributed by atoms with Crippen molar-refractivity contribution in [1.82, 2.24) is 9.80 Å². The zero-order chi connectivity index (χ0) is 26.3. The van der Waals surface area contributed by atoms with E-state index in [0.29, 0.717) is 11.8 Å². The number of benzene rings is 2. The summed E-state index contributed by atoms with van der Waals surface area (Å²) in [5.41, 5.74) is 9.30. The quantitative estimate of drug-likeness (QED) is 0.236. The number of nitrogens with zero attached hydrogens (tertiary/aromatic N) is 4. The van der Waals surface area contributed by atoms with Crippen LogP contribution >= 0.6 is 0 Å². The normalized spacial score (nSPS) is 17.7. The maximum absolute atomic E-state index is 6.39. The summed E-state index contributed by atoms with van der Waals surface area (Å²) in [4.78, 5) is 11.5. The van der Waals surface area contributed by atoms with Crippen molar-refractivity contribution in [2.45, 2.75) is 57.4 Å². The molecule has 2 aliphatic rings. The van der Waals surface area contributed by atoms with Crippen LogP contribution in [0.15, 0.2) is 57.9 Å². The van der Waals surface area contributed by atoms with Crippen LogP contribution in [-0.2, 0) is 6.42 Å². The van der Waals surface area contributed by atoms with Crippen molar-refractivity contribution in [2.75, 3.05) is 51.8 Å². The predicted octanol–water partition coefficient (Wildman–Crippen LogP) is 4.97. The maximum Gasteiger partial charge on any atom is 0.208 e. The van der Waals surface area contributed by atoms with Gasteiger partial charge in [0.25, 0.3) is 0 Å². The smallest absolute Gasteiger partial charge is 0.208 e. The summed E-state index contributed by atoms with van der Waals surface area (Å²) in [7, 11) is 3.37. The van der Waals surface area contributed by atoms with E-state index in [9.17, 15) is 0 Å². The summed E-state index contributed by atoms with van der Waals surface area (Å²) in [5, 5.41) is 1.02. The molecule has 0 atom stereocenters. The number of nitrogens with two attached hydrogens (primary N) is 1. The van der Waals surface area contributed by atoms with E-state index in [2.05, 4.69) is 26.9 Å². The molecule has 39 heavy (non-hydrogen) atoms. The van der Waals surface area contributed by atoms with E-state index in [1.165, 1.54) is 76.8 Å². The summed E-state index contributed by atoms with van der Waals surface area (Å²) >= 11 is 0. The number of anilines is 2. The van der Waals surface area contributed by atoms with Gasteiger partial charge in [-0.1, -0.05) is 43.5 Å². The number of methoxy groups -OCH3 is 1. The second-order valence-corrected chi connectivity index (χ2v) is 10.7. The molecule has 2 fully saturated rings. The summed E-state index contributed by atoms with van der Waals surface area (Å²) in [6.45, 7) is 6.09. The highest BCUT2D eigenvalue weighted by atomic mass is 16.5. The number of piperazine rings is 1. The van der Waals surface area contributed by atoms with Crippen LogP contribution in [0, 0.1) is 0 Å². The topological polar surface area (TPSA) is 102 Å². The van der Waals surface area contributed by atoms with Gasteiger partial charge in [0.1, 0.15) is 11.3 Å². The van der Waals surface area contributed by atoms with Crippen LogP contribution in [0.5, 0.6) is 5.75 Å². The first-order chi connectivity index (χ1) is 18.7. The minimum absolute atomic E-state index is 0. The third-order valence-corrected chi connectivity index (χ3v) is 8.26. The van der Waals surface area contributed by atoms with E-state index in [4.69, 9.17) is 14.9 Å². The molecule has 4 N–H and O–H groups in total. The number of hydrogen-bond donors (Lipinski definition) is 1. The fourth-order valence-corrected chi connectivity index (χ4v) is 6.06. The number of fused-ring (bicyclic) bond motifs is 1. The molecule has 1 aliphatic carbocycles. The molecular weight excluding hydrogens is 490 g/mol. The van der Waals surface area contributed by atoms with Crippen molar-refractivity contribution < 1.29 is 14.6 Å². The van der Waals surface area contributed by atoms with E-state index >= 15 is 0 Å². The molecule has 1 saturated carbocycles. The Morgan fingerprint density at radius 1 is 1.03 bits per heavy atom. The summed E-state index contributed by atoms with van der Waals surface area (Å²) in [5.74, 6) is 1.71. The van der Waals surface area contributed by atoms with Gasteiger partial charge in [-0.25, -0.2) is 4.90 Å². The van der Waals surface area contributed by atoms with Crippen LogP contribution < -0.4 is 15.4 Å². The lowest BCUT2D eigenvalue weighted by molar-refractivity contribution is 0.0782. The highest BCUT2D eigenvalue weighted by Crippen LogP contribution is 2.37. The van der Waals surface area contributed by atoms with Gasteiger partial charge in [-0.15, -0.1) is 0 Å². The Morgan fingerprint density at radius 3 is 2.51 bits per heavy atom. The fraction of sp³-hybridized carbons (Fsp3) is 0.516. The van der Waals surface area contributed by atoms with Gasteiger partial charge < -0.3 is 25.3 Å². The van der Waals surface area contributed by atoms with Crippen LogP contribution in [-0.4, -0.2) is 74.2 Å². The molecule has 0 radical (unpaired) electrons. The number of furan rings is 1. The predicted molar refractivity (Wildman–Crippen MR) is 160 cm³/mol. The number of aliphatic imine (C=N–C) groups is 1. The number of hydrogen-bond acceptors (Lipinski definition) is 5. The minimum atomic E-state index is 0. The second kappa shape index (κ2) is 13.8. The molecule has 2 heterocycles. The summed E-state index contributed by atoms with van der Waals surface area (Å²) < 4.78 is 11.9. The molecule has 0 amide bonds. The fourth-order valence-electron chi connectivity index (χ4n) is 6.06. The van der Waals surface area contributed by atoms with E-state index < -0.39 is 0 Å². The number of guanidine groups is 1. The Balaban J connectivity index is 0.00000353. The van der Waals surface area contributed by atoms with E-state index in [0.717, 1.165) is 41.3 Å². The van der Waals surface area contributed by atoms with Gasteiger partial charge in [-0.2, -0.15) is 0 Å². The molecule has 0 bridgehead atoms. The van der Waals surface area contributed by atoms with Crippen molar-refractivity contribution in [1.29, 1.82) is 0 Å². The molecule has 5 rings (SSSR count). The molecule has 1 saturated heterocycles. The van der Waals surface area contributed by atoms with Gasteiger partial charge in [0.2, 0.25) is 11.8 Å². The Labute approximate surface area is 232 Å². The molecule has 212 valence electrons. The zero-order valence-corrected chi connectivity index (χ0v) is 23.6. The molecule has 1 aromatic heterocycles. The summed E-state index contributed by atoms with van der Waals surface area (Å²) in [6.07, 6.45) is 10.5. The first-order valence-electron chi connectivity index (χ1n) is 14.3. The monoisotopic (exact) mass is 535 g/mol. The Hall–Kier alpha value is -3.07. The molecule has 8 nitrogen and oxygen atoms in total. The van der Waals surface area contributed by atoms with Gasteiger partial charge in [-0.05, 0) is 62.4 Å². The van der Waals surface area contributed by atoms with Crippen molar-refractivity contribution in [3.63, 3.8) is 0 Å². The standard InChI is InChI=1S/C31H43N5O2.H2O/c1-33-31(32)36(30-23-25-11-6-7-14-28(25)38-30)27-22-24(15-16-29(27)37-2)10-8-9-17-34-18-20-35(21-19-34)26-12-4-3-5-13-26;/h6-7,11,14-16,22-23,26H,3-5,8-10,12-13,17-21H2,1-2H3,(H2,32,33);1H2. The number of unbranched alkanes of at least 4 members (excludes halogenated alkanes) is 1. The maximum atomic E-state index is 6.39. The third kappa shape index (κ3) is 6.93. The average molecular weight is 536 g/mol. The Bertz CT molecular complexity index is 1180. The molecular formula is C31H45N5O3. The first-order valence-corrected chi connectivity index (χ1v) is 14.3. The molecule has 8 heteroatoms. The molecule has 3 aromatic rings. The molecule has 1 aliphatic heterocycles. The van der Waals surface area contributed by atoms with Crippen LogP contribution in [0.4, 0.5) is 11.6 Å². The Kier molecular flexibility index (Phi) is 10.3. The van der Waals surface area contributed by atoms with E-state index in [-0.39, 0.29) is 5.48 Å². The zero-order valence-electron chi connectivity index (χ0n) is 23.6. The average Bonchev–Trinajstić information content (AvgIpc) is 3.40. The first kappa shape index (κ1) is 28.9. The van der Waals surface area contributed by atoms with Gasteiger partial charge >= 0.3 is 0 Å². The largest absolute Gasteiger partial charge is 0.495 e. The number of rotatable bonds is 9. The van der Waals surface area contributed by atoms with Crippen LogP contribution in [0.1, 0.15) is 50.5 Å². The van der Waals surface area contributed by atoms with E-state index in [1.54, 1.807) is 14.2 Å². The lowest BCUT2D eigenvalue weighted by Gasteiger charge is -2.40. The third-order valence-electron chi connectivity index (χ3n) is 8.26. The van der Waals surface area contributed by atoms with Gasteiger partial charge in [0.05, 0.1) is 12.8 Å². The highest BCUT2D eigenvalue weighted by molar-refractivity contribution is 6.03. The van der Waals surface area contributed by atoms with Crippen LogP contribution in [0.2, 0.25) is 0 Å². The number of para-hydroxylation sites is 1. The van der Waals surface area contributed by atoms with Crippen molar-refractivity contribution in [3.05, 3.63) is 54.1 Å². The lowest BCUT2D eigenvalue weighted by Crippen LogP contribution is -2.50. The van der Waals surface area contributed by atoms with Crippen molar-refractivity contribution in [2.24, 2.45) is 10.7 Å². The highest BCUT2D eigenvalue weighted by Gasteiger charge is 2.25. The number of ether oxygens (including phenoxy) is 1. The van der Waals surface area contributed by atoms with Crippen LogP contribution in [0.25, 0.3) is 11.0 Å². The second-order valence-electron chi connectivity index (χ2n) is 10.7. The van der Waals surface area contributed by atoms with E-state index in [1.807, 2.05) is 41.3 Å². The van der Waals surface area contributed by atoms with Gasteiger partial charge in [-0.3, -0.25) is 9.89 Å². The molecule has 0 spiro atoms. The number of aryl methyl sites for hydroxylation is 1. The van der Waals surface area contributed by atoms with Gasteiger partial charge in [0.15, 0.2) is 0 Å². The lowest BCUT2D eigenvalue weighted by atomic mass is 9.94.